The van der Waals surface area contributed by atoms with Crippen LogP contribution in [-0.4, -0.2) is 10.9 Å². The smallest absolute Gasteiger partial charge is 0.236 e. The van der Waals surface area contributed by atoms with Gasteiger partial charge >= 0.3 is 0 Å². The molecule has 0 spiro atoms. The van der Waals surface area contributed by atoms with Crippen LogP contribution < -0.4 is 4.74 Å². The third-order valence-corrected chi connectivity index (χ3v) is 3.40. The van der Waals surface area contributed by atoms with E-state index in [1.165, 1.54) is 0 Å². The van der Waals surface area contributed by atoms with Crippen molar-refractivity contribution in [3.63, 3.8) is 0 Å². The van der Waals surface area contributed by atoms with Gasteiger partial charge in [-0.2, -0.15) is 5.26 Å². The minimum atomic E-state index is -0.457. The Bertz CT molecular complexity index is 749. The number of aromatic hydroxyl groups is 1. The molecule has 0 aliphatic rings. The number of carbonyl (C=O) groups excluding carboxylic acids is 1. The molecule has 1 N–H and O–H groups in total. The number of aryl methyl sites for hydroxylation is 3. The van der Waals surface area contributed by atoms with Crippen molar-refractivity contribution >= 4 is 5.78 Å². The van der Waals surface area contributed by atoms with Gasteiger partial charge in [-0.15, -0.1) is 0 Å². The number of hydrogen-bond donors (Lipinski definition) is 1. The van der Waals surface area contributed by atoms with Crippen LogP contribution in [0, 0.1) is 32.1 Å². The summed E-state index contributed by atoms with van der Waals surface area (Å²) in [5.41, 5.74) is 3.33. The summed E-state index contributed by atoms with van der Waals surface area (Å²) in [5, 5.41) is 18.1. The highest BCUT2D eigenvalue weighted by Gasteiger charge is 2.11. The first-order valence-electron chi connectivity index (χ1n) is 6.91. The van der Waals surface area contributed by atoms with Gasteiger partial charge in [0, 0.05) is 6.42 Å². The van der Waals surface area contributed by atoms with Crippen LogP contribution in [0.25, 0.3) is 0 Å². The Morgan fingerprint density at radius 2 is 1.77 bits per heavy atom. The zero-order valence-corrected chi connectivity index (χ0v) is 12.8. The number of phenolic OH excluding ortho intramolecular Hbond substituents is 1. The highest BCUT2D eigenvalue weighted by molar-refractivity contribution is 5.94. The molecule has 0 saturated heterocycles. The Morgan fingerprint density at radius 3 is 2.32 bits per heavy atom. The molecule has 2 aromatic carbocycles. The van der Waals surface area contributed by atoms with E-state index in [1.54, 1.807) is 31.2 Å². The average molecular weight is 295 g/mol. The zero-order chi connectivity index (χ0) is 16.3. The number of nitriles is 1. The van der Waals surface area contributed by atoms with Crippen molar-refractivity contribution in [1.82, 2.24) is 0 Å². The summed E-state index contributed by atoms with van der Waals surface area (Å²) in [4.78, 5) is 11.2. The first-order valence-corrected chi connectivity index (χ1v) is 6.91. The second-order valence-electron chi connectivity index (χ2n) is 5.32. The molecule has 0 aliphatic heterocycles. The number of ketones is 1. The van der Waals surface area contributed by atoms with Crippen molar-refractivity contribution in [1.29, 1.82) is 5.26 Å². The normalized spacial score (nSPS) is 10.1. The SMILES string of the molecule is Cc1cc(Oc2c(C)cc(CC(=O)C#N)cc2C)ccc1O. The van der Waals surface area contributed by atoms with E-state index in [9.17, 15) is 9.90 Å². The van der Waals surface area contributed by atoms with Crippen LogP contribution in [0.3, 0.4) is 0 Å². The van der Waals surface area contributed by atoms with Gasteiger partial charge < -0.3 is 9.84 Å². The van der Waals surface area contributed by atoms with Gasteiger partial charge in [-0.3, -0.25) is 4.79 Å². The van der Waals surface area contributed by atoms with Gasteiger partial charge in [-0.25, -0.2) is 0 Å². The van der Waals surface area contributed by atoms with Crippen LogP contribution in [0.15, 0.2) is 30.3 Å². The number of Topliss-reactive ketones (excluding diaryl/α,β-unsaturated/α-hetero) is 1. The number of carbonyl (C=O) groups is 1. The van der Waals surface area contributed by atoms with Crippen LogP contribution in [0.2, 0.25) is 0 Å². The van der Waals surface area contributed by atoms with Gasteiger partial charge in [0.05, 0.1) is 0 Å². The molecule has 4 heteroatoms. The van der Waals surface area contributed by atoms with Crippen molar-refractivity contribution < 1.29 is 14.6 Å². The topological polar surface area (TPSA) is 70.3 Å². The maximum absolute atomic E-state index is 11.2. The van der Waals surface area contributed by atoms with Gasteiger partial charge in [0.1, 0.15) is 23.3 Å². The fourth-order valence-corrected chi connectivity index (χ4v) is 2.34. The minimum Gasteiger partial charge on any atom is -0.508 e. The fourth-order valence-electron chi connectivity index (χ4n) is 2.34. The number of rotatable bonds is 4. The van der Waals surface area contributed by atoms with Crippen molar-refractivity contribution in [3.8, 4) is 23.3 Å². The molecule has 0 aliphatic carbocycles. The molecule has 0 aromatic heterocycles. The average Bonchev–Trinajstić information content (AvgIpc) is 2.46. The molecule has 112 valence electrons. The maximum Gasteiger partial charge on any atom is 0.236 e. The molecular weight excluding hydrogens is 278 g/mol. The fraction of sp³-hybridized carbons (Fsp3) is 0.222. The number of nitrogens with zero attached hydrogens (tertiary/aromatic N) is 1. The summed E-state index contributed by atoms with van der Waals surface area (Å²) in [5.74, 6) is 1.13. The van der Waals surface area contributed by atoms with E-state index >= 15 is 0 Å². The highest BCUT2D eigenvalue weighted by atomic mass is 16.5. The molecule has 0 saturated carbocycles. The highest BCUT2D eigenvalue weighted by Crippen LogP contribution is 2.32. The first kappa shape index (κ1) is 15.6. The van der Waals surface area contributed by atoms with Crippen LogP contribution in [0.4, 0.5) is 0 Å². The second-order valence-corrected chi connectivity index (χ2v) is 5.32. The number of phenols is 1. The molecule has 22 heavy (non-hydrogen) atoms. The van der Waals surface area contributed by atoms with Gasteiger partial charge in [-0.1, -0.05) is 12.1 Å². The molecular formula is C18H17NO3. The predicted octanol–water partition coefficient (Wildman–Crippen LogP) is 3.74. The molecule has 0 unspecified atom stereocenters. The molecule has 0 atom stereocenters. The molecule has 0 heterocycles. The van der Waals surface area contributed by atoms with E-state index in [4.69, 9.17) is 10.00 Å². The maximum atomic E-state index is 11.2. The summed E-state index contributed by atoms with van der Waals surface area (Å²) >= 11 is 0. The standard InChI is InChI=1S/C18H17NO3/c1-11-8-16(4-5-17(11)21)22-18-12(2)6-14(7-13(18)3)9-15(20)10-19/h4-8,21H,9H2,1-3H3. The van der Waals surface area contributed by atoms with Gasteiger partial charge in [0.2, 0.25) is 5.78 Å². The van der Waals surface area contributed by atoms with Crippen molar-refractivity contribution in [3.05, 3.63) is 52.6 Å². The van der Waals surface area contributed by atoms with Crippen LogP contribution in [0.5, 0.6) is 17.2 Å². The molecule has 2 rings (SSSR count). The lowest BCUT2D eigenvalue weighted by atomic mass is 10.0. The van der Waals surface area contributed by atoms with E-state index < -0.39 is 5.78 Å². The van der Waals surface area contributed by atoms with E-state index in [2.05, 4.69) is 0 Å². The Morgan fingerprint density at radius 1 is 1.14 bits per heavy atom. The summed E-state index contributed by atoms with van der Waals surface area (Å²) in [6.45, 7) is 5.60. The van der Waals surface area contributed by atoms with Gasteiger partial charge in [-0.05, 0) is 61.2 Å². The van der Waals surface area contributed by atoms with Crippen molar-refractivity contribution in [2.75, 3.05) is 0 Å². The number of hydrogen-bond acceptors (Lipinski definition) is 4. The number of benzene rings is 2. The second kappa shape index (κ2) is 6.31. The van der Waals surface area contributed by atoms with Gasteiger partial charge in [0.25, 0.3) is 0 Å². The Hall–Kier alpha value is -2.80. The molecule has 0 amide bonds. The third-order valence-electron chi connectivity index (χ3n) is 3.40. The van der Waals surface area contributed by atoms with E-state index in [0.717, 1.165) is 28.0 Å². The summed E-state index contributed by atoms with van der Waals surface area (Å²) in [6, 6.07) is 10.4. The van der Waals surface area contributed by atoms with Crippen LogP contribution in [0.1, 0.15) is 22.3 Å². The lowest BCUT2D eigenvalue weighted by Gasteiger charge is -2.14. The lowest BCUT2D eigenvalue weighted by molar-refractivity contribution is -0.113. The Balaban J connectivity index is 2.30. The molecule has 0 bridgehead atoms. The van der Waals surface area contributed by atoms with E-state index in [0.29, 0.717) is 5.75 Å². The molecule has 4 nitrogen and oxygen atoms in total. The molecule has 0 radical (unpaired) electrons. The van der Waals surface area contributed by atoms with Crippen molar-refractivity contribution in [2.45, 2.75) is 27.2 Å². The Labute approximate surface area is 129 Å². The van der Waals surface area contributed by atoms with E-state index in [1.807, 2.05) is 26.0 Å². The zero-order valence-electron chi connectivity index (χ0n) is 12.8. The lowest BCUT2D eigenvalue weighted by Crippen LogP contribution is -2.01. The molecule has 0 fully saturated rings. The molecule has 2 aromatic rings. The number of ether oxygens (including phenoxy) is 1. The van der Waals surface area contributed by atoms with Crippen molar-refractivity contribution in [2.24, 2.45) is 0 Å². The van der Waals surface area contributed by atoms with E-state index in [-0.39, 0.29) is 12.2 Å². The minimum absolute atomic E-state index is 0.108. The van der Waals surface area contributed by atoms with Crippen LogP contribution >= 0.6 is 0 Å². The van der Waals surface area contributed by atoms with Gasteiger partial charge in [0.15, 0.2) is 0 Å². The predicted molar refractivity (Wildman–Crippen MR) is 83.2 cm³/mol. The third kappa shape index (κ3) is 3.44. The quantitative estimate of drug-likeness (QED) is 0.872. The van der Waals surface area contributed by atoms with Crippen LogP contribution in [-0.2, 0) is 11.2 Å². The largest absolute Gasteiger partial charge is 0.508 e. The summed E-state index contributed by atoms with van der Waals surface area (Å²) in [7, 11) is 0. The Kier molecular flexibility index (Phi) is 4.47. The summed E-state index contributed by atoms with van der Waals surface area (Å²) < 4.78 is 5.90. The summed E-state index contributed by atoms with van der Waals surface area (Å²) in [6.07, 6.45) is 0.108. The first-order chi connectivity index (χ1) is 10.4. The monoisotopic (exact) mass is 295 g/mol.